The molecule has 0 spiro atoms. The van der Waals surface area contributed by atoms with E-state index in [9.17, 15) is 14.9 Å². The van der Waals surface area contributed by atoms with Gasteiger partial charge in [-0.25, -0.2) is 0 Å². The van der Waals surface area contributed by atoms with E-state index in [0.29, 0.717) is 6.54 Å². The topological polar surface area (TPSA) is 102 Å². The first-order chi connectivity index (χ1) is 9.56. The summed E-state index contributed by atoms with van der Waals surface area (Å²) in [6.07, 6.45) is 1.80. The van der Waals surface area contributed by atoms with Crippen LogP contribution >= 0.6 is 0 Å². The maximum absolute atomic E-state index is 11.6. The van der Waals surface area contributed by atoms with Gasteiger partial charge in [-0.3, -0.25) is 14.9 Å². The van der Waals surface area contributed by atoms with Crippen molar-refractivity contribution in [3.05, 3.63) is 34.4 Å². The van der Waals surface area contributed by atoms with Crippen LogP contribution in [-0.2, 0) is 4.79 Å². The Labute approximate surface area is 115 Å². The minimum Gasteiger partial charge on any atom is -0.477 e. The van der Waals surface area contributed by atoms with Gasteiger partial charge in [-0.15, -0.1) is 0 Å². The van der Waals surface area contributed by atoms with E-state index in [1.807, 2.05) is 0 Å². The van der Waals surface area contributed by atoms with E-state index >= 15 is 0 Å². The van der Waals surface area contributed by atoms with Crippen molar-refractivity contribution in [2.45, 2.75) is 12.8 Å². The molecule has 20 heavy (non-hydrogen) atoms. The molecular weight excluding hydrogens is 264 g/mol. The minimum absolute atomic E-state index is 0.0539. The zero-order valence-corrected chi connectivity index (χ0v) is 10.9. The molecule has 108 valence electrons. The van der Waals surface area contributed by atoms with Crippen molar-refractivity contribution in [3.63, 3.8) is 0 Å². The maximum Gasteiger partial charge on any atom is 0.310 e. The zero-order valence-electron chi connectivity index (χ0n) is 10.9. The number of rotatable bonds is 7. The number of benzene rings is 1. The average Bonchev–Trinajstić information content (AvgIpc) is 3.24. The molecule has 0 unspecified atom stereocenters. The first kappa shape index (κ1) is 14.3. The molecule has 0 aliphatic heterocycles. The van der Waals surface area contributed by atoms with Gasteiger partial charge in [-0.1, -0.05) is 12.1 Å². The van der Waals surface area contributed by atoms with Crippen LogP contribution in [0.2, 0.25) is 0 Å². The van der Waals surface area contributed by atoms with E-state index in [0.717, 1.165) is 12.8 Å². The van der Waals surface area contributed by atoms with Gasteiger partial charge in [0.05, 0.1) is 11.5 Å². The van der Waals surface area contributed by atoms with Crippen molar-refractivity contribution in [1.29, 1.82) is 0 Å². The number of carbonyl (C=O) groups is 1. The predicted molar refractivity (Wildman–Crippen MR) is 70.4 cm³/mol. The molecule has 2 rings (SSSR count). The van der Waals surface area contributed by atoms with E-state index in [1.165, 1.54) is 18.2 Å². The molecule has 2 N–H and O–H groups in total. The summed E-state index contributed by atoms with van der Waals surface area (Å²) >= 11 is 0. The summed E-state index contributed by atoms with van der Waals surface area (Å²) < 4.78 is 5.16. The highest BCUT2D eigenvalue weighted by molar-refractivity contribution is 5.77. The average molecular weight is 280 g/mol. The van der Waals surface area contributed by atoms with Gasteiger partial charge >= 0.3 is 5.69 Å². The Balaban J connectivity index is 1.83. The van der Waals surface area contributed by atoms with Gasteiger partial charge in [0, 0.05) is 18.0 Å². The standard InChI is InChI=1S/C13H16N2O5/c16-9-13(5-6-13)8-14-12(17)7-20-11-4-2-1-3-10(11)15(18)19/h1-4,16H,5-9H2,(H,14,17). The fraction of sp³-hybridized carbons (Fsp3) is 0.462. The van der Waals surface area contributed by atoms with Gasteiger partial charge in [0.15, 0.2) is 12.4 Å². The lowest BCUT2D eigenvalue weighted by Gasteiger charge is -2.13. The number of hydrogen-bond donors (Lipinski definition) is 2. The molecule has 0 aromatic heterocycles. The Bertz CT molecular complexity index is 513. The lowest BCUT2D eigenvalue weighted by Crippen LogP contribution is -2.35. The molecule has 1 saturated carbocycles. The molecule has 1 amide bonds. The van der Waals surface area contributed by atoms with Gasteiger partial charge in [-0.2, -0.15) is 0 Å². The highest BCUT2D eigenvalue weighted by atomic mass is 16.6. The van der Waals surface area contributed by atoms with Crippen LogP contribution in [0.4, 0.5) is 5.69 Å². The number of para-hydroxylation sites is 2. The normalized spacial score (nSPS) is 15.4. The molecule has 1 fully saturated rings. The number of aliphatic hydroxyl groups excluding tert-OH is 1. The molecule has 7 nitrogen and oxygen atoms in total. The zero-order chi connectivity index (χ0) is 14.6. The predicted octanol–water partition coefficient (Wildman–Crippen LogP) is 0.862. The SMILES string of the molecule is O=C(COc1ccccc1[N+](=O)[O-])NCC1(CO)CC1. The van der Waals surface area contributed by atoms with Gasteiger partial charge in [0.25, 0.3) is 5.91 Å². The van der Waals surface area contributed by atoms with Gasteiger partial charge < -0.3 is 15.2 Å². The second kappa shape index (κ2) is 5.87. The Morgan fingerprint density at radius 1 is 1.45 bits per heavy atom. The second-order valence-corrected chi connectivity index (χ2v) is 4.95. The Hall–Kier alpha value is -2.15. The first-order valence-corrected chi connectivity index (χ1v) is 6.30. The van der Waals surface area contributed by atoms with E-state index in [2.05, 4.69) is 5.32 Å². The van der Waals surface area contributed by atoms with Crippen LogP contribution in [0.15, 0.2) is 24.3 Å². The van der Waals surface area contributed by atoms with Gasteiger partial charge in [0.1, 0.15) is 0 Å². The molecule has 0 saturated heterocycles. The molecule has 0 atom stereocenters. The van der Waals surface area contributed by atoms with Crippen LogP contribution in [0, 0.1) is 15.5 Å². The maximum atomic E-state index is 11.6. The van der Waals surface area contributed by atoms with Crippen LogP contribution in [0.3, 0.4) is 0 Å². The van der Waals surface area contributed by atoms with E-state index in [4.69, 9.17) is 9.84 Å². The van der Waals surface area contributed by atoms with Crippen molar-refractivity contribution in [1.82, 2.24) is 5.32 Å². The number of carbonyl (C=O) groups excluding carboxylic acids is 1. The van der Waals surface area contributed by atoms with Crippen molar-refractivity contribution in [2.24, 2.45) is 5.41 Å². The van der Waals surface area contributed by atoms with E-state index < -0.39 is 4.92 Å². The fourth-order valence-electron chi connectivity index (χ4n) is 1.78. The number of hydrogen-bond acceptors (Lipinski definition) is 5. The van der Waals surface area contributed by atoms with E-state index in [-0.39, 0.29) is 36.0 Å². The van der Waals surface area contributed by atoms with Crippen LogP contribution in [0.25, 0.3) is 0 Å². The van der Waals surface area contributed by atoms with Crippen LogP contribution in [-0.4, -0.2) is 35.7 Å². The van der Waals surface area contributed by atoms with Crippen molar-refractivity contribution < 1.29 is 19.6 Å². The molecule has 7 heteroatoms. The fourth-order valence-corrected chi connectivity index (χ4v) is 1.78. The highest BCUT2D eigenvalue weighted by Crippen LogP contribution is 2.44. The minimum atomic E-state index is -0.557. The van der Waals surface area contributed by atoms with Crippen molar-refractivity contribution >= 4 is 11.6 Å². The van der Waals surface area contributed by atoms with Crippen molar-refractivity contribution in [2.75, 3.05) is 19.8 Å². The number of nitro groups is 1. The number of amides is 1. The molecule has 1 aromatic rings. The number of nitro benzene ring substituents is 1. The largest absolute Gasteiger partial charge is 0.477 e. The third-order valence-corrected chi connectivity index (χ3v) is 3.37. The third kappa shape index (κ3) is 3.45. The number of nitrogens with zero attached hydrogens (tertiary/aromatic N) is 1. The highest BCUT2D eigenvalue weighted by Gasteiger charge is 2.42. The van der Waals surface area contributed by atoms with Crippen LogP contribution < -0.4 is 10.1 Å². The number of ether oxygens (including phenoxy) is 1. The molecular formula is C13H16N2O5. The Morgan fingerprint density at radius 3 is 2.75 bits per heavy atom. The summed E-state index contributed by atoms with van der Waals surface area (Å²) in [6, 6.07) is 5.90. The molecule has 1 aliphatic carbocycles. The summed E-state index contributed by atoms with van der Waals surface area (Å²) in [5, 5.41) is 22.5. The molecule has 0 bridgehead atoms. The number of nitrogens with one attached hydrogen (secondary N) is 1. The first-order valence-electron chi connectivity index (χ1n) is 6.30. The van der Waals surface area contributed by atoms with Crippen LogP contribution in [0.5, 0.6) is 5.75 Å². The quantitative estimate of drug-likeness (QED) is 0.570. The van der Waals surface area contributed by atoms with Crippen LogP contribution in [0.1, 0.15) is 12.8 Å². The molecule has 1 aliphatic rings. The molecule has 0 heterocycles. The summed E-state index contributed by atoms with van der Waals surface area (Å²) in [6.45, 7) is 0.174. The van der Waals surface area contributed by atoms with Crippen molar-refractivity contribution in [3.8, 4) is 5.75 Å². The Kier molecular flexibility index (Phi) is 4.19. The Morgan fingerprint density at radius 2 is 2.15 bits per heavy atom. The summed E-state index contributed by atoms with van der Waals surface area (Å²) in [5.74, 6) is -0.293. The summed E-state index contributed by atoms with van der Waals surface area (Å²) in [5.41, 5.74) is -0.344. The molecule has 1 aromatic carbocycles. The smallest absolute Gasteiger partial charge is 0.310 e. The number of aliphatic hydroxyl groups is 1. The second-order valence-electron chi connectivity index (χ2n) is 4.95. The monoisotopic (exact) mass is 280 g/mol. The molecule has 0 radical (unpaired) electrons. The van der Waals surface area contributed by atoms with Gasteiger partial charge in [0.2, 0.25) is 0 Å². The summed E-state index contributed by atoms with van der Waals surface area (Å²) in [4.78, 5) is 21.8. The third-order valence-electron chi connectivity index (χ3n) is 3.37. The summed E-state index contributed by atoms with van der Waals surface area (Å²) in [7, 11) is 0. The lowest BCUT2D eigenvalue weighted by molar-refractivity contribution is -0.385. The van der Waals surface area contributed by atoms with Gasteiger partial charge in [-0.05, 0) is 18.9 Å². The van der Waals surface area contributed by atoms with E-state index in [1.54, 1.807) is 6.07 Å². The lowest BCUT2D eigenvalue weighted by atomic mass is 10.1.